The van der Waals surface area contributed by atoms with Gasteiger partial charge in [-0.3, -0.25) is 4.79 Å². The zero-order valence-electron chi connectivity index (χ0n) is 15.9. The van der Waals surface area contributed by atoms with Crippen LogP contribution in [-0.4, -0.2) is 25.5 Å². The molecule has 4 rings (SSSR count). The molecule has 28 heavy (non-hydrogen) atoms. The quantitative estimate of drug-likeness (QED) is 0.538. The lowest BCUT2D eigenvalue weighted by atomic mass is 10.1. The number of aromatic nitrogens is 4. The highest BCUT2D eigenvalue weighted by atomic mass is 16.2. The molecule has 140 valence electrons. The molecule has 4 aromatic rings. The molecule has 0 bridgehead atoms. The van der Waals surface area contributed by atoms with Gasteiger partial charge >= 0.3 is 0 Å². The van der Waals surface area contributed by atoms with E-state index < -0.39 is 0 Å². The van der Waals surface area contributed by atoms with Crippen molar-refractivity contribution in [1.82, 2.24) is 19.6 Å². The van der Waals surface area contributed by atoms with Crippen LogP contribution in [0.3, 0.4) is 0 Å². The van der Waals surface area contributed by atoms with Crippen molar-refractivity contribution < 1.29 is 4.79 Å². The first kappa shape index (κ1) is 17.9. The number of carbonyl (C=O) groups excluding carboxylic acids is 1. The first-order valence-electron chi connectivity index (χ1n) is 9.19. The Morgan fingerprint density at radius 3 is 2.36 bits per heavy atom. The van der Waals surface area contributed by atoms with Gasteiger partial charge in [0.25, 0.3) is 5.78 Å². The smallest absolute Gasteiger partial charge is 0.252 e. The Kier molecular flexibility index (Phi) is 4.85. The van der Waals surface area contributed by atoms with E-state index >= 15 is 0 Å². The number of benzene rings is 2. The Morgan fingerprint density at radius 2 is 1.64 bits per heavy atom. The van der Waals surface area contributed by atoms with Gasteiger partial charge in [0.2, 0.25) is 5.91 Å². The normalized spacial score (nSPS) is 10.9. The molecule has 0 aliphatic carbocycles. The molecular formula is C22H21N5O. The number of anilines is 1. The number of hydrogen-bond acceptors (Lipinski definition) is 4. The van der Waals surface area contributed by atoms with Crippen LogP contribution >= 0.6 is 0 Å². The lowest BCUT2D eigenvalue weighted by Crippen LogP contribution is -2.32. The van der Waals surface area contributed by atoms with E-state index in [4.69, 9.17) is 0 Å². The topological polar surface area (TPSA) is 63.4 Å². The fraction of sp³-hybridized carbons (Fsp3) is 0.182. The van der Waals surface area contributed by atoms with Gasteiger partial charge in [-0.2, -0.15) is 4.98 Å². The lowest BCUT2D eigenvalue weighted by Gasteiger charge is -2.21. The van der Waals surface area contributed by atoms with Crippen molar-refractivity contribution in [3.05, 3.63) is 89.5 Å². The summed E-state index contributed by atoms with van der Waals surface area (Å²) < 4.78 is 1.72. The molecule has 1 amide bonds. The molecule has 6 heteroatoms. The number of amides is 1. The Labute approximate surface area is 163 Å². The molecule has 0 atom stereocenters. The Bertz CT molecular complexity index is 1110. The van der Waals surface area contributed by atoms with E-state index in [1.807, 2.05) is 80.6 Å². The lowest BCUT2D eigenvalue weighted by molar-refractivity contribution is -0.118. The fourth-order valence-electron chi connectivity index (χ4n) is 3.21. The first-order chi connectivity index (χ1) is 13.6. The Hall–Kier alpha value is -3.54. The predicted molar refractivity (Wildman–Crippen MR) is 108 cm³/mol. The van der Waals surface area contributed by atoms with Gasteiger partial charge in [0.1, 0.15) is 0 Å². The molecule has 0 unspecified atom stereocenters. The van der Waals surface area contributed by atoms with E-state index in [2.05, 4.69) is 15.1 Å². The molecule has 6 nitrogen and oxygen atoms in total. The van der Waals surface area contributed by atoms with Gasteiger partial charge < -0.3 is 4.90 Å². The second kappa shape index (κ2) is 7.60. The van der Waals surface area contributed by atoms with Crippen molar-refractivity contribution in [1.29, 1.82) is 0 Å². The van der Waals surface area contributed by atoms with Gasteiger partial charge in [0, 0.05) is 17.1 Å². The number of rotatable bonds is 5. The SMILES string of the molecule is Cc1cc(C)n2nc(CN(C(=O)Cc3ccccc3)c3ccccc3)nc2n1. The van der Waals surface area contributed by atoms with Gasteiger partial charge in [0.05, 0.1) is 13.0 Å². The van der Waals surface area contributed by atoms with Crippen LogP contribution in [0.25, 0.3) is 5.78 Å². The third-order valence-electron chi connectivity index (χ3n) is 4.53. The minimum absolute atomic E-state index is 0.00267. The summed E-state index contributed by atoms with van der Waals surface area (Å²) in [6.07, 6.45) is 0.319. The molecule has 2 aromatic heterocycles. The second-order valence-electron chi connectivity index (χ2n) is 6.76. The van der Waals surface area contributed by atoms with E-state index in [0.717, 1.165) is 22.6 Å². The highest BCUT2D eigenvalue weighted by molar-refractivity contribution is 5.94. The summed E-state index contributed by atoms with van der Waals surface area (Å²) in [6.45, 7) is 4.19. The van der Waals surface area contributed by atoms with Crippen molar-refractivity contribution in [2.75, 3.05) is 4.90 Å². The molecular weight excluding hydrogens is 350 g/mol. The second-order valence-corrected chi connectivity index (χ2v) is 6.76. The summed E-state index contributed by atoms with van der Waals surface area (Å²) in [5.41, 5.74) is 3.65. The standard InChI is InChI=1S/C22H21N5O/c1-16-13-17(2)27-22(23-16)24-20(25-27)15-26(19-11-7-4-8-12-19)21(28)14-18-9-5-3-6-10-18/h3-13H,14-15H2,1-2H3. The van der Waals surface area contributed by atoms with Crippen LogP contribution in [0.1, 0.15) is 22.8 Å². The molecule has 0 radical (unpaired) electrons. The number of para-hydroxylation sites is 1. The van der Waals surface area contributed by atoms with E-state index in [0.29, 0.717) is 18.0 Å². The average molecular weight is 371 g/mol. The number of aryl methyl sites for hydroxylation is 2. The number of carbonyl (C=O) groups is 1. The predicted octanol–water partition coefficient (Wildman–Crippen LogP) is 3.52. The maximum Gasteiger partial charge on any atom is 0.252 e. The van der Waals surface area contributed by atoms with Crippen LogP contribution in [0.2, 0.25) is 0 Å². The van der Waals surface area contributed by atoms with E-state index in [9.17, 15) is 4.79 Å². The van der Waals surface area contributed by atoms with Crippen LogP contribution in [0.5, 0.6) is 0 Å². The van der Waals surface area contributed by atoms with Crippen molar-refractivity contribution >= 4 is 17.4 Å². The molecule has 0 aliphatic rings. The zero-order chi connectivity index (χ0) is 19.5. The van der Waals surface area contributed by atoms with Crippen molar-refractivity contribution in [3.8, 4) is 0 Å². The highest BCUT2D eigenvalue weighted by Gasteiger charge is 2.19. The van der Waals surface area contributed by atoms with Gasteiger partial charge in [-0.25, -0.2) is 9.50 Å². The third-order valence-corrected chi connectivity index (χ3v) is 4.53. The van der Waals surface area contributed by atoms with Crippen LogP contribution in [-0.2, 0) is 17.8 Å². The van der Waals surface area contributed by atoms with Crippen LogP contribution in [0.15, 0.2) is 66.7 Å². The molecule has 0 spiro atoms. The molecule has 0 aliphatic heterocycles. The summed E-state index contributed by atoms with van der Waals surface area (Å²) in [5.74, 6) is 1.11. The summed E-state index contributed by atoms with van der Waals surface area (Å²) >= 11 is 0. The summed E-state index contributed by atoms with van der Waals surface area (Å²) in [6, 6.07) is 21.3. The summed E-state index contributed by atoms with van der Waals surface area (Å²) in [4.78, 5) is 23.8. The van der Waals surface area contributed by atoms with Crippen molar-refractivity contribution in [2.45, 2.75) is 26.8 Å². The first-order valence-corrected chi connectivity index (χ1v) is 9.19. The zero-order valence-corrected chi connectivity index (χ0v) is 15.9. The fourth-order valence-corrected chi connectivity index (χ4v) is 3.21. The minimum Gasteiger partial charge on any atom is -0.304 e. The van der Waals surface area contributed by atoms with Crippen molar-refractivity contribution in [2.24, 2.45) is 0 Å². The Morgan fingerprint density at radius 1 is 0.964 bits per heavy atom. The molecule has 2 aromatic carbocycles. The summed E-state index contributed by atoms with van der Waals surface area (Å²) in [7, 11) is 0. The third kappa shape index (κ3) is 3.76. The molecule has 0 fully saturated rings. The maximum absolute atomic E-state index is 13.1. The number of hydrogen-bond donors (Lipinski definition) is 0. The van der Waals surface area contributed by atoms with Crippen molar-refractivity contribution in [3.63, 3.8) is 0 Å². The maximum atomic E-state index is 13.1. The van der Waals surface area contributed by atoms with Crippen LogP contribution < -0.4 is 4.90 Å². The highest BCUT2D eigenvalue weighted by Crippen LogP contribution is 2.18. The van der Waals surface area contributed by atoms with Gasteiger partial charge in [-0.1, -0.05) is 48.5 Å². The Balaban J connectivity index is 1.66. The van der Waals surface area contributed by atoms with Gasteiger partial charge in [0.15, 0.2) is 5.82 Å². The number of fused-ring (bicyclic) bond motifs is 1. The van der Waals surface area contributed by atoms with E-state index in [-0.39, 0.29) is 12.5 Å². The van der Waals surface area contributed by atoms with Gasteiger partial charge in [-0.05, 0) is 37.6 Å². The molecule has 2 heterocycles. The van der Waals surface area contributed by atoms with E-state index in [1.54, 1.807) is 9.42 Å². The molecule has 0 N–H and O–H groups in total. The monoisotopic (exact) mass is 371 g/mol. The average Bonchev–Trinajstić information content (AvgIpc) is 3.10. The van der Waals surface area contributed by atoms with Crippen LogP contribution in [0.4, 0.5) is 5.69 Å². The van der Waals surface area contributed by atoms with E-state index in [1.165, 1.54) is 0 Å². The van der Waals surface area contributed by atoms with Crippen LogP contribution in [0, 0.1) is 13.8 Å². The summed E-state index contributed by atoms with van der Waals surface area (Å²) in [5, 5.41) is 4.56. The molecule has 0 saturated carbocycles. The number of nitrogens with zero attached hydrogens (tertiary/aromatic N) is 5. The largest absolute Gasteiger partial charge is 0.304 e. The van der Waals surface area contributed by atoms with Gasteiger partial charge in [-0.15, -0.1) is 5.10 Å². The molecule has 0 saturated heterocycles. The minimum atomic E-state index is -0.00267.